The number of carbonyl (C=O) groups excluding carboxylic acids is 1. The number of amides is 1. The molecule has 0 bridgehead atoms. The number of hydrogen-bond acceptors (Lipinski definition) is 4. The van der Waals surface area contributed by atoms with Crippen molar-refractivity contribution >= 4 is 11.9 Å². The van der Waals surface area contributed by atoms with E-state index < -0.39 is 11.9 Å². The first-order chi connectivity index (χ1) is 8.66. The molecule has 6 heteroatoms. The number of ether oxygens (including phenoxy) is 1. The fourth-order valence-corrected chi connectivity index (χ4v) is 1.43. The van der Waals surface area contributed by atoms with Crippen LogP contribution in [0.4, 0.5) is 0 Å². The Balaban J connectivity index is 1.67. The van der Waals surface area contributed by atoms with E-state index in [0.717, 1.165) is 6.61 Å². The highest BCUT2D eigenvalue weighted by molar-refractivity contribution is 5.93. The zero-order valence-electron chi connectivity index (χ0n) is 9.85. The summed E-state index contributed by atoms with van der Waals surface area (Å²) < 4.78 is 10.2. The molecule has 98 valence electrons. The van der Waals surface area contributed by atoms with Gasteiger partial charge in [0.05, 0.1) is 6.61 Å². The number of carbonyl (C=O) groups is 2. The van der Waals surface area contributed by atoms with Crippen molar-refractivity contribution in [2.75, 3.05) is 19.8 Å². The highest BCUT2D eigenvalue weighted by atomic mass is 16.5. The monoisotopic (exact) mass is 253 g/mol. The summed E-state index contributed by atoms with van der Waals surface area (Å²) >= 11 is 0. The van der Waals surface area contributed by atoms with E-state index in [-0.39, 0.29) is 11.5 Å². The molecule has 18 heavy (non-hydrogen) atoms. The van der Waals surface area contributed by atoms with Crippen molar-refractivity contribution in [3.63, 3.8) is 0 Å². The van der Waals surface area contributed by atoms with Crippen LogP contribution in [-0.4, -0.2) is 36.7 Å². The molecule has 0 unspecified atom stereocenters. The Hall–Kier alpha value is -1.82. The second-order valence-corrected chi connectivity index (χ2v) is 4.24. The van der Waals surface area contributed by atoms with Gasteiger partial charge in [0.25, 0.3) is 5.91 Å². The Bertz CT molecular complexity index is 435. The van der Waals surface area contributed by atoms with Crippen LogP contribution >= 0.6 is 0 Å². The third kappa shape index (κ3) is 3.59. The topological polar surface area (TPSA) is 88.8 Å². The van der Waals surface area contributed by atoms with Crippen molar-refractivity contribution in [2.24, 2.45) is 5.92 Å². The van der Waals surface area contributed by atoms with Gasteiger partial charge in [0.1, 0.15) is 0 Å². The fourth-order valence-electron chi connectivity index (χ4n) is 1.43. The molecule has 6 nitrogen and oxygen atoms in total. The van der Waals surface area contributed by atoms with Gasteiger partial charge in [-0.05, 0) is 30.9 Å². The standard InChI is InChI=1S/C12H15NO5/c14-11(9-3-4-10(18-9)12(15)16)13-5-6-17-7-8-1-2-8/h3-4,8H,1-2,5-7H2,(H,13,14)(H,15,16). The molecule has 0 spiro atoms. The molecule has 1 aliphatic rings. The average Bonchev–Trinajstić information content (AvgIpc) is 3.02. The molecule has 1 aromatic heterocycles. The average molecular weight is 253 g/mol. The van der Waals surface area contributed by atoms with Gasteiger partial charge in [0.15, 0.2) is 5.76 Å². The maximum atomic E-state index is 11.5. The Morgan fingerprint density at radius 1 is 1.39 bits per heavy atom. The van der Waals surface area contributed by atoms with Gasteiger partial charge in [-0.2, -0.15) is 0 Å². The summed E-state index contributed by atoms with van der Waals surface area (Å²) in [6, 6.07) is 2.59. The maximum Gasteiger partial charge on any atom is 0.371 e. The third-order valence-corrected chi connectivity index (χ3v) is 2.62. The quantitative estimate of drug-likeness (QED) is 0.711. The molecule has 1 amide bonds. The Morgan fingerprint density at radius 2 is 2.11 bits per heavy atom. The van der Waals surface area contributed by atoms with E-state index in [1.54, 1.807) is 0 Å². The summed E-state index contributed by atoms with van der Waals surface area (Å²) in [5, 5.41) is 11.2. The third-order valence-electron chi connectivity index (χ3n) is 2.62. The minimum atomic E-state index is -1.19. The van der Waals surface area contributed by atoms with Crippen LogP contribution in [0.1, 0.15) is 34.0 Å². The van der Waals surface area contributed by atoms with E-state index in [1.165, 1.54) is 25.0 Å². The predicted octanol–water partition coefficient (Wildman–Crippen LogP) is 1.13. The van der Waals surface area contributed by atoms with Crippen molar-refractivity contribution < 1.29 is 23.8 Å². The molecular weight excluding hydrogens is 238 g/mol. The zero-order valence-corrected chi connectivity index (χ0v) is 9.85. The van der Waals surface area contributed by atoms with Crippen molar-refractivity contribution in [2.45, 2.75) is 12.8 Å². The van der Waals surface area contributed by atoms with Crippen molar-refractivity contribution in [3.8, 4) is 0 Å². The molecule has 1 heterocycles. The molecular formula is C12H15NO5. The summed E-state index contributed by atoms with van der Waals surface area (Å²) in [4.78, 5) is 22.1. The van der Waals surface area contributed by atoms with Crippen LogP contribution in [0.15, 0.2) is 16.5 Å². The van der Waals surface area contributed by atoms with E-state index in [4.69, 9.17) is 14.3 Å². The van der Waals surface area contributed by atoms with E-state index in [9.17, 15) is 9.59 Å². The summed E-state index contributed by atoms with van der Waals surface area (Å²) in [6.07, 6.45) is 2.47. The summed E-state index contributed by atoms with van der Waals surface area (Å²) in [7, 11) is 0. The predicted molar refractivity (Wildman–Crippen MR) is 61.5 cm³/mol. The number of aromatic carboxylic acids is 1. The molecule has 1 aromatic rings. The van der Waals surface area contributed by atoms with Crippen molar-refractivity contribution in [1.82, 2.24) is 5.32 Å². The SMILES string of the molecule is O=C(O)c1ccc(C(=O)NCCOCC2CC2)o1. The summed E-state index contributed by atoms with van der Waals surface area (Å²) in [5.41, 5.74) is 0. The largest absolute Gasteiger partial charge is 0.475 e. The van der Waals surface area contributed by atoms with Gasteiger partial charge < -0.3 is 19.6 Å². The summed E-state index contributed by atoms with van der Waals surface area (Å²) in [5.74, 6) is -1.18. The highest BCUT2D eigenvalue weighted by Gasteiger charge is 2.21. The highest BCUT2D eigenvalue weighted by Crippen LogP contribution is 2.28. The molecule has 2 rings (SSSR count). The smallest absolute Gasteiger partial charge is 0.371 e. The lowest BCUT2D eigenvalue weighted by Gasteiger charge is -2.04. The van der Waals surface area contributed by atoms with Crippen LogP contribution < -0.4 is 5.32 Å². The Kier molecular flexibility index (Phi) is 3.99. The zero-order chi connectivity index (χ0) is 13.0. The number of carboxylic acids is 1. The van der Waals surface area contributed by atoms with Crippen LogP contribution in [0, 0.1) is 5.92 Å². The van der Waals surface area contributed by atoms with E-state index >= 15 is 0 Å². The Morgan fingerprint density at radius 3 is 2.72 bits per heavy atom. The van der Waals surface area contributed by atoms with Gasteiger partial charge in [-0.15, -0.1) is 0 Å². The van der Waals surface area contributed by atoms with Crippen molar-refractivity contribution in [1.29, 1.82) is 0 Å². The van der Waals surface area contributed by atoms with E-state index in [0.29, 0.717) is 19.1 Å². The van der Waals surface area contributed by atoms with Gasteiger partial charge >= 0.3 is 5.97 Å². The van der Waals surface area contributed by atoms with Crippen LogP contribution in [0.2, 0.25) is 0 Å². The second-order valence-electron chi connectivity index (χ2n) is 4.24. The van der Waals surface area contributed by atoms with E-state index in [2.05, 4.69) is 5.32 Å². The Labute approximate surface area is 104 Å². The van der Waals surface area contributed by atoms with Gasteiger partial charge in [-0.25, -0.2) is 4.79 Å². The fraction of sp³-hybridized carbons (Fsp3) is 0.500. The molecule has 1 saturated carbocycles. The lowest BCUT2D eigenvalue weighted by molar-refractivity contribution is 0.0659. The molecule has 0 radical (unpaired) electrons. The number of furan rings is 1. The minimum absolute atomic E-state index is 0.00501. The summed E-state index contributed by atoms with van der Waals surface area (Å²) in [6.45, 7) is 1.59. The minimum Gasteiger partial charge on any atom is -0.475 e. The van der Waals surface area contributed by atoms with Crippen LogP contribution in [0.25, 0.3) is 0 Å². The van der Waals surface area contributed by atoms with Gasteiger partial charge in [-0.1, -0.05) is 0 Å². The molecule has 1 fully saturated rings. The molecule has 2 N–H and O–H groups in total. The van der Waals surface area contributed by atoms with Crippen LogP contribution in [0.3, 0.4) is 0 Å². The first-order valence-electron chi connectivity index (χ1n) is 5.86. The van der Waals surface area contributed by atoms with Gasteiger partial charge in [0, 0.05) is 13.2 Å². The maximum absolute atomic E-state index is 11.5. The molecule has 0 aromatic carbocycles. The number of nitrogens with one attached hydrogen (secondary N) is 1. The lowest BCUT2D eigenvalue weighted by Crippen LogP contribution is -2.27. The number of hydrogen-bond donors (Lipinski definition) is 2. The lowest BCUT2D eigenvalue weighted by atomic mass is 10.4. The van der Waals surface area contributed by atoms with Crippen LogP contribution in [-0.2, 0) is 4.74 Å². The molecule has 1 aliphatic carbocycles. The first kappa shape index (κ1) is 12.6. The molecule has 0 saturated heterocycles. The van der Waals surface area contributed by atoms with E-state index in [1.807, 2.05) is 0 Å². The van der Waals surface area contributed by atoms with Crippen molar-refractivity contribution in [3.05, 3.63) is 23.7 Å². The molecule has 0 aliphatic heterocycles. The second kappa shape index (κ2) is 5.68. The van der Waals surface area contributed by atoms with Gasteiger partial charge in [0.2, 0.25) is 5.76 Å². The normalized spacial score (nSPS) is 14.4. The number of rotatable bonds is 7. The number of carboxylic acid groups (broad SMARTS) is 1. The molecule has 0 atom stereocenters. The first-order valence-corrected chi connectivity index (χ1v) is 5.86. The van der Waals surface area contributed by atoms with Crippen LogP contribution in [0.5, 0.6) is 0 Å². The van der Waals surface area contributed by atoms with Gasteiger partial charge in [-0.3, -0.25) is 4.79 Å².